The summed E-state index contributed by atoms with van der Waals surface area (Å²) in [6.07, 6.45) is 0.630. The molecule has 0 amide bonds. The van der Waals surface area contributed by atoms with Gasteiger partial charge in [-0.1, -0.05) is 0 Å². The molecule has 106 valence electrons. The van der Waals surface area contributed by atoms with Crippen LogP contribution < -0.4 is 14.4 Å². The standard InChI is InChI=1S/C15H23NO3/c1-11-8-16(9-12(2)19-11)10-13-7-14(17-3)5-6-15(13)18-4/h5-7,11-12H,8-10H2,1-4H3/p+1/t11-,12+. The normalized spacial score (nSPS) is 27.1. The second-order valence-corrected chi connectivity index (χ2v) is 5.27. The summed E-state index contributed by atoms with van der Waals surface area (Å²) in [5.74, 6) is 1.81. The number of ether oxygens (including phenoxy) is 3. The molecule has 0 radical (unpaired) electrons. The van der Waals surface area contributed by atoms with Crippen LogP contribution >= 0.6 is 0 Å². The molecule has 4 heteroatoms. The lowest BCUT2D eigenvalue weighted by Gasteiger charge is -2.32. The summed E-state index contributed by atoms with van der Waals surface area (Å²) in [5.41, 5.74) is 1.19. The van der Waals surface area contributed by atoms with Crippen molar-refractivity contribution in [2.45, 2.75) is 32.6 Å². The molecule has 0 spiro atoms. The van der Waals surface area contributed by atoms with Crippen LogP contribution in [0.2, 0.25) is 0 Å². The number of quaternary nitrogens is 1. The molecular formula is C15H24NO3+. The van der Waals surface area contributed by atoms with Gasteiger partial charge in [-0.15, -0.1) is 0 Å². The number of hydrogen-bond acceptors (Lipinski definition) is 3. The van der Waals surface area contributed by atoms with Crippen molar-refractivity contribution in [1.82, 2.24) is 0 Å². The number of nitrogens with one attached hydrogen (secondary N) is 1. The van der Waals surface area contributed by atoms with Crippen LogP contribution in [0.5, 0.6) is 11.5 Å². The first-order valence-corrected chi connectivity index (χ1v) is 6.82. The highest BCUT2D eigenvalue weighted by Gasteiger charge is 2.26. The number of benzene rings is 1. The summed E-state index contributed by atoms with van der Waals surface area (Å²) in [6, 6.07) is 5.97. The maximum absolute atomic E-state index is 5.78. The Labute approximate surface area is 115 Å². The lowest BCUT2D eigenvalue weighted by Crippen LogP contribution is -3.14. The molecule has 1 saturated heterocycles. The summed E-state index contributed by atoms with van der Waals surface area (Å²) >= 11 is 0. The molecule has 1 aromatic carbocycles. The minimum Gasteiger partial charge on any atom is -0.497 e. The highest BCUT2D eigenvalue weighted by Crippen LogP contribution is 2.23. The minimum absolute atomic E-state index is 0.315. The average molecular weight is 266 g/mol. The fourth-order valence-corrected chi connectivity index (χ4v) is 2.82. The Hall–Kier alpha value is -1.26. The van der Waals surface area contributed by atoms with E-state index >= 15 is 0 Å². The molecule has 0 aliphatic carbocycles. The van der Waals surface area contributed by atoms with Crippen LogP contribution in [-0.4, -0.2) is 39.5 Å². The highest BCUT2D eigenvalue weighted by molar-refractivity contribution is 5.39. The van der Waals surface area contributed by atoms with Crippen molar-refractivity contribution in [1.29, 1.82) is 0 Å². The zero-order chi connectivity index (χ0) is 13.8. The molecule has 3 atom stereocenters. The molecular weight excluding hydrogens is 242 g/mol. The molecule has 1 aliphatic rings. The third kappa shape index (κ3) is 3.61. The maximum Gasteiger partial charge on any atom is 0.127 e. The zero-order valence-corrected chi connectivity index (χ0v) is 12.2. The molecule has 0 bridgehead atoms. The predicted molar refractivity (Wildman–Crippen MR) is 74.0 cm³/mol. The van der Waals surface area contributed by atoms with Crippen LogP contribution in [0.1, 0.15) is 19.4 Å². The van der Waals surface area contributed by atoms with Crippen molar-refractivity contribution in [2.24, 2.45) is 0 Å². The van der Waals surface area contributed by atoms with Gasteiger partial charge in [-0.2, -0.15) is 0 Å². The summed E-state index contributed by atoms with van der Waals surface area (Å²) in [4.78, 5) is 1.53. The predicted octanol–water partition coefficient (Wildman–Crippen LogP) is 0.896. The monoisotopic (exact) mass is 266 g/mol. The van der Waals surface area contributed by atoms with Gasteiger partial charge in [-0.05, 0) is 32.0 Å². The lowest BCUT2D eigenvalue weighted by atomic mass is 10.1. The van der Waals surface area contributed by atoms with E-state index in [1.54, 1.807) is 14.2 Å². The van der Waals surface area contributed by atoms with E-state index in [1.165, 1.54) is 10.5 Å². The van der Waals surface area contributed by atoms with Gasteiger partial charge in [0.2, 0.25) is 0 Å². The topological polar surface area (TPSA) is 32.1 Å². The van der Waals surface area contributed by atoms with Crippen LogP contribution in [0.4, 0.5) is 0 Å². The average Bonchev–Trinajstić information content (AvgIpc) is 2.37. The molecule has 19 heavy (non-hydrogen) atoms. The van der Waals surface area contributed by atoms with E-state index in [9.17, 15) is 0 Å². The second-order valence-electron chi connectivity index (χ2n) is 5.27. The Balaban J connectivity index is 2.12. The smallest absolute Gasteiger partial charge is 0.127 e. The fourth-order valence-electron chi connectivity index (χ4n) is 2.82. The molecule has 1 N–H and O–H groups in total. The van der Waals surface area contributed by atoms with Gasteiger partial charge in [0.1, 0.15) is 43.3 Å². The van der Waals surface area contributed by atoms with Gasteiger partial charge in [0.15, 0.2) is 0 Å². The summed E-state index contributed by atoms with van der Waals surface area (Å²) < 4.78 is 16.5. The first-order valence-electron chi connectivity index (χ1n) is 6.82. The van der Waals surface area contributed by atoms with E-state index in [2.05, 4.69) is 19.9 Å². The Morgan fingerprint density at radius 1 is 1.16 bits per heavy atom. The van der Waals surface area contributed by atoms with E-state index in [1.807, 2.05) is 12.1 Å². The molecule has 1 aliphatic heterocycles. The molecule has 1 heterocycles. The van der Waals surface area contributed by atoms with Crippen LogP contribution in [0.25, 0.3) is 0 Å². The molecule has 1 fully saturated rings. The lowest BCUT2D eigenvalue weighted by molar-refractivity contribution is -0.928. The van der Waals surface area contributed by atoms with Gasteiger partial charge in [-0.25, -0.2) is 0 Å². The van der Waals surface area contributed by atoms with Crippen molar-refractivity contribution in [3.63, 3.8) is 0 Å². The first-order chi connectivity index (χ1) is 9.12. The van der Waals surface area contributed by atoms with E-state index < -0.39 is 0 Å². The minimum atomic E-state index is 0.315. The summed E-state index contributed by atoms with van der Waals surface area (Å²) in [5, 5.41) is 0. The van der Waals surface area contributed by atoms with Crippen LogP contribution in [0.3, 0.4) is 0 Å². The zero-order valence-electron chi connectivity index (χ0n) is 12.2. The van der Waals surface area contributed by atoms with Crippen LogP contribution in [0, 0.1) is 0 Å². The van der Waals surface area contributed by atoms with Gasteiger partial charge in [0, 0.05) is 0 Å². The van der Waals surface area contributed by atoms with Crippen molar-refractivity contribution >= 4 is 0 Å². The Bertz CT molecular complexity index is 412. The van der Waals surface area contributed by atoms with Crippen molar-refractivity contribution in [3.8, 4) is 11.5 Å². The Morgan fingerprint density at radius 3 is 2.42 bits per heavy atom. The van der Waals surface area contributed by atoms with E-state index in [0.29, 0.717) is 12.2 Å². The third-order valence-corrected chi connectivity index (χ3v) is 3.54. The van der Waals surface area contributed by atoms with Gasteiger partial charge in [0.25, 0.3) is 0 Å². The third-order valence-electron chi connectivity index (χ3n) is 3.54. The molecule has 0 aromatic heterocycles. The SMILES string of the molecule is COc1ccc(OC)c(C[NH+]2C[C@@H](C)O[C@@H](C)C2)c1. The fraction of sp³-hybridized carbons (Fsp3) is 0.600. The van der Waals surface area contributed by atoms with Crippen molar-refractivity contribution in [3.05, 3.63) is 23.8 Å². The van der Waals surface area contributed by atoms with Gasteiger partial charge >= 0.3 is 0 Å². The molecule has 2 rings (SSSR count). The highest BCUT2D eigenvalue weighted by atomic mass is 16.5. The largest absolute Gasteiger partial charge is 0.497 e. The summed E-state index contributed by atoms with van der Waals surface area (Å²) in [7, 11) is 3.41. The molecule has 1 unspecified atom stereocenters. The number of hydrogen-bond donors (Lipinski definition) is 1. The van der Waals surface area contributed by atoms with Gasteiger partial charge in [0.05, 0.1) is 19.8 Å². The maximum atomic E-state index is 5.78. The molecule has 4 nitrogen and oxygen atoms in total. The number of methoxy groups -OCH3 is 2. The van der Waals surface area contributed by atoms with Crippen LogP contribution in [0.15, 0.2) is 18.2 Å². The second kappa shape index (κ2) is 6.26. The summed E-state index contributed by atoms with van der Waals surface area (Å²) in [6.45, 7) is 7.28. The number of rotatable bonds is 4. The van der Waals surface area contributed by atoms with Crippen molar-refractivity contribution in [2.75, 3.05) is 27.3 Å². The van der Waals surface area contributed by atoms with E-state index in [0.717, 1.165) is 31.1 Å². The first kappa shape index (κ1) is 14.2. The number of morpholine rings is 1. The molecule has 0 saturated carbocycles. The van der Waals surface area contributed by atoms with Gasteiger partial charge in [-0.3, -0.25) is 0 Å². The van der Waals surface area contributed by atoms with E-state index in [-0.39, 0.29) is 0 Å². The van der Waals surface area contributed by atoms with Gasteiger partial charge < -0.3 is 19.1 Å². The molecule has 1 aromatic rings. The Kier molecular flexibility index (Phi) is 4.66. The van der Waals surface area contributed by atoms with E-state index in [4.69, 9.17) is 14.2 Å². The quantitative estimate of drug-likeness (QED) is 0.878. The Morgan fingerprint density at radius 2 is 1.84 bits per heavy atom. The van der Waals surface area contributed by atoms with Crippen LogP contribution in [-0.2, 0) is 11.3 Å². The van der Waals surface area contributed by atoms with Crippen molar-refractivity contribution < 1.29 is 19.1 Å².